The van der Waals surface area contributed by atoms with Crippen molar-refractivity contribution in [3.05, 3.63) is 78.1 Å². The summed E-state index contributed by atoms with van der Waals surface area (Å²) < 4.78 is 0. The Kier molecular flexibility index (Phi) is 7.76. The number of benzene rings is 2. The average molecular weight is 417 g/mol. The molecule has 6 nitrogen and oxygen atoms in total. The molecule has 0 saturated carbocycles. The van der Waals surface area contributed by atoms with Gasteiger partial charge in [0.1, 0.15) is 0 Å². The van der Waals surface area contributed by atoms with Gasteiger partial charge in [-0.05, 0) is 66.8 Å². The van der Waals surface area contributed by atoms with E-state index in [0.29, 0.717) is 29.9 Å². The Morgan fingerprint density at radius 1 is 0.935 bits per heavy atom. The van der Waals surface area contributed by atoms with Crippen LogP contribution in [0.25, 0.3) is 11.1 Å². The number of carbonyl (C=O) groups is 2. The highest BCUT2D eigenvalue weighted by Gasteiger charge is 2.12. The zero-order chi connectivity index (χ0) is 22.1. The Morgan fingerprint density at radius 2 is 1.71 bits per heavy atom. The fourth-order valence-corrected chi connectivity index (χ4v) is 3.43. The molecule has 0 aliphatic heterocycles. The summed E-state index contributed by atoms with van der Waals surface area (Å²) in [5, 5.41) is 5.81. The number of nitrogen functional groups attached to an aromatic ring is 1. The minimum atomic E-state index is -0.0781. The average Bonchev–Trinajstić information content (AvgIpc) is 2.78. The van der Waals surface area contributed by atoms with Gasteiger partial charge in [0.05, 0.1) is 11.4 Å². The van der Waals surface area contributed by atoms with Gasteiger partial charge in [-0.2, -0.15) is 0 Å². The molecule has 2 amide bonds. The summed E-state index contributed by atoms with van der Waals surface area (Å²) in [4.78, 5) is 28.7. The van der Waals surface area contributed by atoms with Crippen LogP contribution in [0.5, 0.6) is 0 Å². The Bertz CT molecular complexity index is 1030. The summed E-state index contributed by atoms with van der Waals surface area (Å²) >= 11 is 0. The molecule has 1 heterocycles. The molecule has 0 atom stereocenters. The molecule has 0 saturated heterocycles. The van der Waals surface area contributed by atoms with E-state index in [1.54, 1.807) is 24.5 Å². The molecule has 0 spiro atoms. The molecular formula is C25H28N4O2. The molecule has 2 aromatic carbocycles. The highest BCUT2D eigenvalue weighted by atomic mass is 16.2. The number of anilines is 2. The minimum Gasteiger partial charge on any atom is -0.397 e. The number of nitrogens with two attached hydrogens (primary N) is 1. The van der Waals surface area contributed by atoms with Crippen LogP contribution >= 0.6 is 0 Å². The van der Waals surface area contributed by atoms with Gasteiger partial charge >= 0.3 is 0 Å². The molecule has 0 aliphatic rings. The maximum Gasteiger partial charge on any atom is 0.251 e. The predicted molar refractivity (Wildman–Crippen MR) is 125 cm³/mol. The lowest BCUT2D eigenvalue weighted by molar-refractivity contribution is -0.116. The van der Waals surface area contributed by atoms with Crippen LogP contribution < -0.4 is 16.4 Å². The third kappa shape index (κ3) is 6.15. The molecule has 3 aromatic rings. The van der Waals surface area contributed by atoms with Crippen LogP contribution in [0.1, 0.15) is 41.6 Å². The van der Waals surface area contributed by atoms with E-state index in [9.17, 15) is 9.59 Å². The van der Waals surface area contributed by atoms with Crippen molar-refractivity contribution in [2.24, 2.45) is 0 Å². The minimum absolute atomic E-state index is 0.0505. The monoisotopic (exact) mass is 416 g/mol. The van der Waals surface area contributed by atoms with Gasteiger partial charge in [-0.3, -0.25) is 14.6 Å². The second-order valence-corrected chi connectivity index (χ2v) is 7.42. The lowest BCUT2D eigenvalue weighted by Crippen LogP contribution is -2.25. The Balaban J connectivity index is 1.41. The van der Waals surface area contributed by atoms with Crippen molar-refractivity contribution < 1.29 is 9.59 Å². The van der Waals surface area contributed by atoms with Crippen LogP contribution in [0.2, 0.25) is 0 Å². The molecule has 4 N–H and O–H groups in total. The van der Waals surface area contributed by atoms with E-state index in [1.165, 1.54) is 0 Å². The second kappa shape index (κ2) is 10.9. The van der Waals surface area contributed by atoms with Crippen LogP contribution in [0.4, 0.5) is 11.4 Å². The van der Waals surface area contributed by atoms with Crippen molar-refractivity contribution in [3.63, 3.8) is 0 Å². The van der Waals surface area contributed by atoms with Crippen LogP contribution in [-0.2, 0) is 4.79 Å². The number of carbonyl (C=O) groups excluding carboxylic acids is 2. The number of rotatable bonds is 9. The Morgan fingerprint density at radius 3 is 2.48 bits per heavy atom. The first kappa shape index (κ1) is 22.0. The van der Waals surface area contributed by atoms with E-state index in [-0.39, 0.29) is 11.8 Å². The maximum atomic E-state index is 12.6. The van der Waals surface area contributed by atoms with Gasteiger partial charge < -0.3 is 16.4 Å². The molecule has 0 bridgehead atoms. The van der Waals surface area contributed by atoms with Crippen molar-refractivity contribution in [3.8, 4) is 11.1 Å². The van der Waals surface area contributed by atoms with E-state index < -0.39 is 0 Å². The van der Waals surface area contributed by atoms with Gasteiger partial charge in [0.25, 0.3) is 5.91 Å². The van der Waals surface area contributed by atoms with Crippen molar-refractivity contribution in [1.82, 2.24) is 10.3 Å². The SMILES string of the molecule is Cc1c(C(=O)NCCCCCC(=O)Nc2ccccc2N)cccc1-c1ccncc1. The number of unbranched alkanes of at least 4 members (excludes halogenated alkanes) is 2. The number of hydrogen-bond acceptors (Lipinski definition) is 4. The van der Waals surface area contributed by atoms with Gasteiger partial charge in [-0.25, -0.2) is 0 Å². The fourth-order valence-electron chi connectivity index (χ4n) is 3.43. The number of hydrogen-bond donors (Lipinski definition) is 3. The molecule has 0 radical (unpaired) electrons. The second-order valence-electron chi connectivity index (χ2n) is 7.42. The predicted octanol–water partition coefficient (Wildman–Crippen LogP) is 4.57. The van der Waals surface area contributed by atoms with Gasteiger partial charge in [0.2, 0.25) is 5.91 Å². The molecule has 0 unspecified atom stereocenters. The Hall–Kier alpha value is -3.67. The first-order valence-electron chi connectivity index (χ1n) is 10.5. The zero-order valence-corrected chi connectivity index (χ0v) is 17.7. The smallest absolute Gasteiger partial charge is 0.251 e. The molecule has 0 fully saturated rings. The van der Waals surface area contributed by atoms with Crippen LogP contribution in [0.3, 0.4) is 0 Å². The van der Waals surface area contributed by atoms with Gasteiger partial charge in [0.15, 0.2) is 0 Å². The lowest BCUT2D eigenvalue weighted by Gasteiger charge is -2.12. The molecular weight excluding hydrogens is 388 g/mol. The third-order valence-electron chi connectivity index (χ3n) is 5.17. The van der Waals surface area contributed by atoms with Crippen molar-refractivity contribution in [1.29, 1.82) is 0 Å². The molecule has 0 aliphatic carbocycles. The topological polar surface area (TPSA) is 97.1 Å². The number of amides is 2. The summed E-state index contributed by atoms with van der Waals surface area (Å²) in [6.07, 6.45) is 6.34. The van der Waals surface area contributed by atoms with Crippen LogP contribution in [-0.4, -0.2) is 23.3 Å². The summed E-state index contributed by atoms with van der Waals surface area (Å²) in [5.41, 5.74) is 10.7. The number of pyridine rings is 1. The Labute approximate surface area is 182 Å². The van der Waals surface area contributed by atoms with Crippen molar-refractivity contribution in [2.75, 3.05) is 17.6 Å². The van der Waals surface area contributed by atoms with Crippen molar-refractivity contribution in [2.45, 2.75) is 32.6 Å². The van der Waals surface area contributed by atoms with E-state index in [0.717, 1.165) is 36.0 Å². The van der Waals surface area contributed by atoms with E-state index >= 15 is 0 Å². The quantitative estimate of drug-likeness (QED) is 0.352. The summed E-state index contributed by atoms with van der Waals surface area (Å²) in [6, 6.07) is 16.8. The highest BCUT2D eigenvalue weighted by molar-refractivity contribution is 5.97. The van der Waals surface area contributed by atoms with Gasteiger partial charge in [-0.15, -0.1) is 0 Å². The zero-order valence-electron chi connectivity index (χ0n) is 17.7. The molecule has 160 valence electrons. The molecule has 6 heteroatoms. The van der Waals surface area contributed by atoms with E-state index in [1.807, 2.05) is 49.4 Å². The summed E-state index contributed by atoms with van der Waals surface area (Å²) in [6.45, 7) is 2.54. The number of nitrogens with zero attached hydrogens (tertiary/aromatic N) is 1. The first-order valence-corrected chi connectivity index (χ1v) is 10.5. The molecule has 3 rings (SSSR count). The fraction of sp³-hybridized carbons (Fsp3) is 0.240. The normalized spacial score (nSPS) is 10.5. The van der Waals surface area contributed by atoms with Gasteiger partial charge in [0, 0.05) is 30.9 Å². The van der Waals surface area contributed by atoms with E-state index in [4.69, 9.17) is 5.73 Å². The summed E-state index contributed by atoms with van der Waals surface area (Å²) in [5.74, 6) is -0.129. The highest BCUT2D eigenvalue weighted by Crippen LogP contribution is 2.25. The number of nitrogens with one attached hydrogen (secondary N) is 2. The van der Waals surface area contributed by atoms with Gasteiger partial charge in [-0.1, -0.05) is 30.7 Å². The first-order chi connectivity index (χ1) is 15.1. The van der Waals surface area contributed by atoms with Crippen LogP contribution in [0, 0.1) is 6.92 Å². The van der Waals surface area contributed by atoms with Crippen molar-refractivity contribution >= 4 is 23.2 Å². The van der Waals surface area contributed by atoms with Crippen LogP contribution in [0.15, 0.2) is 67.0 Å². The van der Waals surface area contributed by atoms with E-state index in [2.05, 4.69) is 15.6 Å². The number of aromatic nitrogens is 1. The maximum absolute atomic E-state index is 12.6. The molecule has 1 aromatic heterocycles. The largest absolute Gasteiger partial charge is 0.397 e. The molecule has 31 heavy (non-hydrogen) atoms. The summed E-state index contributed by atoms with van der Waals surface area (Å²) in [7, 11) is 0. The standard InChI is InChI=1S/C25H28N4O2/c1-18-20(19-13-16-27-17-14-19)8-7-9-21(18)25(31)28-15-6-2-3-12-24(30)29-23-11-5-4-10-22(23)26/h4-5,7-11,13-14,16-17H,2-3,6,12,15,26H2,1H3,(H,28,31)(H,29,30). The third-order valence-corrected chi connectivity index (χ3v) is 5.17. The number of para-hydroxylation sites is 2. The lowest BCUT2D eigenvalue weighted by atomic mass is 9.97.